The number of rotatable bonds is 6. The van der Waals surface area contributed by atoms with Gasteiger partial charge in [-0.15, -0.1) is 24.0 Å². The molecule has 1 saturated heterocycles. The molecule has 0 radical (unpaired) electrons. The molecule has 1 aromatic heterocycles. The predicted molar refractivity (Wildman–Crippen MR) is 117 cm³/mol. The molecule has 138 valence electrons. The number of nitrogens with one attached hydrogen (secondary N) is 1. The maximum atomic E-state index is 4.44. The smallest absolute Gasteiger partial charge is 0.193 e. The van der Waals surface area contributed by atoms with Gasteiger partial charge in [-0.25, -0.2) is 0 Å². The first-order valence-corrected chi connectivity index (χ1v) is 9.68. The Morgan fingerprint density at radius 1 is 1.50 bits per heavy atom. The van der Waals surface area contributed by atoms with Crippen LogP contribution in [0.5, 0.6) is 0 Å². The summed E-state index contributed by atoms with van der Waals surface area (Å²) in [6.45, 7) is 10.3. The molecule has 6 heteroatoms. The van der Waals surface area contributed by atoms with E-state index in [1.807, 2.05) is 7.05 Å². The Balaban J connectivity index is 0.00000288. The molecule has 0 bridgehead atoms. The lowest BCUT2D eigenvalue weighted by atomic mass is 9.97. The minimum Gasteiger partial charge on any atom is -0.356 e. The Labute approximate surface area is 168 Å². The number of halogens is 1. The molecule has 2 rings (SSSR count). The molecule has 2 heterocycles. The fourth-order valence-electron chi connectivity index (χ4n) is 3.35. The Bertz CT molecular complexity index is 475. The lowest BCUT2D eigenvalue weighted by molar-refractivity contribution is 0.159. The fraction of sp³-hybridized carbons (Fsp3) is 0.722. The molecule has 1 N–H and O–H groups in total. The standard InChI is InChI=1S/C18H32N4S.HI/c1-15(2)11-22-8-5-6-16(13-22)10-20-18(19-3)21(4)12-17-7-9-23-14-17;/h7,9,14-16H,5-6,8,10-13H2,1-4H3,(H,19,20);1H. The van der Waals surface area contributed by atoms with Gasteiger partial charge in [-0.05, 0) is 53.6 Å². The quantitative estimate of drug-likeness (QED) is 0.396. The minimum atomic E-state index is 0. The molecule has 0 saturated carbocycles. The topological polar surface area (TPSA) is 30.9 Å². The van der Waals surface area contributed by atoms with Crippen LogP contribution in [0.25, 0.3) is 0 Å². The third kappa shape index (κ3) is 7.27. The van der Waals surface area contributed by atoms with E-state index >= 15 is 0 Å². The lowest BCUT2D eigenvalue weighted by Crippen LogP contribution is -2.45. The second kappa shape index (κ2) is 11.3. The Kier molecular flexibility index (Phi) is 10.2. The molecule has 1 fully saturated rings. The van der Waals surface area contributed by atoms with Crippen LogP contribution in [0, 0.1) is 11.8 Å². The maximum Gasteiger partial charge on any atom is 0.193 e. The summed E-state index contributed by atoms with van der Waals surface area (Å²) >= 11 is 1.75. The molecule has 0 aromatic carbocycles. The summed E-state index contributed by atoms with van der Waals surface area (Å²) in [4.78, 5) is 9.27. The summed E-state index contributed by atoms with van der Waals surface area (Å²) in [7, 11) is 3.98. The first-order chi connectivity index (χ1) is 11.1. The van der Waals surface area contributed by atoms with Crippen molar-refractivity contribution >= 4 is 41.3 Å². The Hall–Kier alpha value is -0.340. The van der Waals surface area contributed by atoms with Crippen LogP contribution in [0.2, 0.25) is 0 Å². The van der Waals surface area contributed by atoms with Crippen molar-refractivity contribution in [3.8, 4) is 0 Å². The number of guanidine groups is 1. The van der Waals surface area contributed by atoms with Gasteiger partial charge in [-0.3, -0.25) is 4.99 Å². The first-order valence-electron chi connectivity index (χ1n) is 8.73. The molecule has 0 aliphatic carbocycles. The maximum absolute atomic E-state index is 4.44. The number of piperidine rings is 1. The van der Waals surface area contributed by atoms with Gasteiger partial charge in [0.25, 0.3) is 0 Å². The molecule has 24 heavy (non-hydrogen) atoms. The molecule has 1 atom stereocenters. The lowest BCUT2D eigenvalue weighted by Gasteiger charge is -2.34. The normalized spacial score (nSPS) is 19.2. The number of thiophene rings is 1. The second-order valence-electron chi connectivity index (χ2n) is 7.08. The van der Waals surface area contributed by atoms with Crippen molar-refractivity contribution in [1.29, 1.82) is 0 Å². The zero-order valence-electron chi connectivity index (χ0n) is 15.5. The van der Waals surface area contributed by atoms with Crippen LogP contribution in [0.4, 0.5) is 0 Å². The van der Waals surface area contributed by atoms with Crippen LogP contribution in [0.15, 0.2) is 21.8 Å². The number of likely N-dealkylation sites (tertiary alicyclic amines) is 1. The summed E-state index contributed by atoms with van der Waals surface area (Å²) in [6.07, 6.45) is 2.65. The van der Waals surface area contributed by atoms with Gasteiger partial charge in [0.1, 0.15) is 0 Å². The molecule has 1 aliphatic heterocycles. The van der Waals surface area contributed by atoms with Crippen molar-refractivity contribution in [2.45, 2.75) is 33.2 Å². The highest BCUT2D eigenvalue weighted by molar-refractivity contribution is 14.0. The van der Waals surface area contributed by atoms with Crippen molar-refractivity contribution in [3.05, 3.63) is 22.4 Å². The van der Waals surface area contributed by atoms with Gasteiger partial charge < -0.3 is 15.1 Å². The van der Waals surface area contributed by atoms with Gasteiger partial charge in [-0.1, -0.05) is 13.8 Å². The van der Waals surface area contributed by atoms with Gasteiger partial charge in [0.2, 0.25) is 0 Å². The van der Waals surface area contributed by atoms with E-state index in [1.54, 1.807) is 11.3 Å². The summed E-state index contributed by atoms with van der Waals surface area (Å²) < 4.78 is 0. The van der Waals surface area contributed by atoms with E-state index in [2.05, 4.69) is 57.8 Å². The highest BCUT2D eigenvalue weighted by Crippen LogP contribution is 2.17. The van der Waals surface area contributed by atoms with Crippen LogP contribution in [-0.2, 0) is 6.54 Å². The van der Waals surface area contributed by atoms with E-state index in [-0.39, 0.29) is 24.0 Å². The van der Waals surface area contributed by atoms with Gasteiger partial charge in [0.05, 0.1) is 0 Å². The van der Waals surface area contributed by atoms with Crippen LogP contribution >= 0.6 is 35.3 Å². The zero-order chi connectivity index (χ0) is 16.7. The van der Waals surface area contributed by atoms with Crippen LogP contribution in [0.1, 0.15) is 32.3 Å². The minimum absolute atomic E-state index is 0. The fourth-order valence-corrected chi connectivity index (χ4v) is 4.01. The van der Waals surface area contributed by atoms with E-state index in [0.717, 1.165) is 30.9 Å². The van der Waals surface area contributed by atoms with Gasteiger partial charge in [-0.2, -0.15) is 11.3 Å². The summed E-state index contributed by atoms with van der Waals surface area (Å²) in [5, 5.41) is 7.91. The second-order valence-corrected chi connectivity index (χ2v) is 7.86. The zero-order valence-corrected chi connectivity index (χ0v) is 18.6. The van der Waals surface area contributed by atoms with Gasteiger partial charge >= 0.3 is 0 Å². The highest BCUT2D eigenvalue weighted by Gasteiger charge is 2.21. The molecule has 4 nitrogen and oxygen atoms in total. The van der Waals surface area contributed by atoms with E-state index in [4.69, 9.17) is 0 Å². The number of hydrogen-bond acceptors (Lipinski definition) is 3. The van der Waals surface area contributed by atoms with E-state index in [9.17, 15) is 0 Å². The molecular formula is C18H33IN4S. The number of hydrogen-bond donors (Lipinski definition) is 1. The highest BCUT2D eigenvalue weighted by atomic mass is 127. The monoisotopic (exact) mass is 464 g/mol. The molecule has 0 spiro atoms. The molecule has 1 unspecified atom stereocenters. The molecular weight excluding hydrogens is 431 g/mol. The van der Waals surface area contributed by atoms with Crippen molar-refractivity contribution < 1.29 is 0 Å². The van der Waals surface area contributed by atoms with Crippen LogP contribution in [0.3, 0.4) is 0 Å². The van der Waals surface area contributed by atoms with E-state index in [1.165, 1.54) is 38.0 Å². The number of aliphatic imine (C=N–C) groups is 1. The van der Waals surface area contributed by atoms with Gasteiger partial charge in [0.15, 0.2) is 5.96 Å². The van der Waals surface area contributed by atoms with Crippen LogP contribution in [-0.4, -0.2) is 56.0 Å². The van der Waals surface area contributed by atoms with Gasteiger partial charge in [0, 0.05) is 40.3 Å². The summed E-state index contributed by atoms with van der Waals surface area (Å²) in [5.74, 6) is 2.48. The number of nitrogens with zero attached hydrogens (tertiary/aromatic N) is 3. The Morgan fingerprint density at radius 2 is 2.29 bits per heavy atom. The van der Waals surface area contributed by atoms with Crippen molar-refractivity contribution in [3.63, 3.8) is 0 Å². The van der Waals surface area contributed by atoms with Crippen molar-refractivity contribution in [2.24, 2.45) is 16.8 Å². The summed E-state index contributed by atoms with van der Waals surface area (Å²) in [6, 6.07) is 2.18. The third-order valence-electron chi connectivity index (χ3n) is 4.35. The van der Waals surface area contributed by atoms with E-state index in [0.29, 0.717) is 0 Å². The molecule has 0 amide bonds. The predicted octanol–water partition coefficient (Wildman–Crippen LogP) is 3.74. The van der Waals surface area contributed by atoms with Crippen molar-refractivity contribution in [1.82, 2.24) is 15.1 Å². The average Bonchev–Trinajstić information content (AvgIpc) is 3.00. The SMILES string of the molecule is CN=C(NCC1CCCN(CC(C)C)C1)N(C)Cc1ccsc1.I. The molecule has 1 aliphatic rings. The first kappa shape index (κ1) is 21.7. The van der Waals surface area contributed by atoms with Crippen LogP contribution < -0.4 is 5.32 Å². The third-order valence-corrected chi connectivity index (χ3v) is 5.08. The average molecular weight is 464 g/mol. The molecule has 1 aromatic rings. The van der Waals surface area contributed by atoms with E-state index < -0.39 is 0 Å². The summed E-state index contributed by atoms with van der Waals surface area (Å²) in [5.41, 5.74) is 1.35. The largest absolute Gasteiger partial charge is 0.356 e. The van der Waals surface area contributed by atoms with Crippen molar-refractivity contribution in [2.75, 3.05) is 40.3 Å². The Morgan fingerprint density at radius 3 is 2.92 bits per heavy atom.